The quantitative estimate of drug-likeness (QED) is 0.347. The van der Waals surface area contributed by atoms with Crippen molar-refractivity contribution >= 4 is 13.6 Å². The van der Waals surface area contributed by atoms with Crippen molar-refractivity contribution in [3.63, 3.8) is 0 Å². The first-order valence-corrected chi connectivity index (χ1v) is 2.37. The Hall–Kier alpha value is -0.770. The highest BCUT2D eigenvalue weighted by molar-refractivity contribution is 5.11. The molecule has 0 rings (SSSR count). The van der Waals surface area contributed by atoms with Crippen LogP contribution in [-0.2, 0) is 9.59 Å². The van der Waals surface area contributed by atoms with Gasteiger partial charge in [0.25, 0.3) is 0 Å². The van der Waals surface area contributed by atoms with Gasteiger partial charge in [0.1, 0.15) is 13.6 Å². The van der Waals surface area contributed by atoms with Crippen molar-refractivity contribution in [2.24, 2.45) is 0 Å². The van der Waals surface area contributed by atoms with Crippen molar-refractivity contribution in [2.45, 2.75) is 0 Å². The standard InChI is InChI=1S/C4H12N.2CH2O.FH/c1-5(2,3)4;2*1-2;/h1-4H3;2*1H2;1H/q+1;;;/p-1. The van der Waals surface area contributed by atoms with E-state index in [9.17, 15) is 0 Å². The molecule has 0 aromatic carbocycles. The van der Waals surface area contributed by atoms with Crippen LogP contribution in [0.5, 0.6) is 0 Å². The highest BCUT2D eigenvalue weighted by atomic mass is 19.0. The van der Waals surface area contributed by atoms with Crippen LogP contribution < -0.4 is 4.70 Å². The van der Waals surface area contributed by atoms with Gasteiger partial charge >= 0.3 is 0 Å². The van der Waals surface area contributed by atoms with E-state index >= 15 is 0 Å². The van der Waals surface area contributed by atoms with Crippen LogP contribution in [-0.4, -0.2) is 46.3 Å². The maximum atomic E-state index is 8.00. The summed E-state index contributed by atoms with van der Waals surface area (Å²) in [4.78, 5) is 16.0. The normalized spacial score (nSPS) is 6.80. The molecule has 0 aliphatic heterocycles. The first-order chi connectivity index (χ1) is 4.00. The summed E-state index contributed by atoms with van der Waals surface area (Å²) in [5.41, 5.74) is 0. The lowest BCUT2D eigenvalue weighted by Gasteiger charge is -2.14. The van der Waals surface area contributed by atoms with Crippen molar-refractivity contribution in [3.05, 3.63) is 0 Å². The molecule has 0 saturated carbocycles. The van der Waals surface area contributed by atoms with E-state index < -0.39 is 0 Å². The van der Waals surface area contributed by atoms with Crippen LogP contribution >= 0.6 is 0 Å². The SMILES string of the molecule is C=O.C=O.C[N+](C)(C)C.[F-]. The molecule has 64 valence electrons. The number of carbonyl (C=O) groups is 2. The summed E-state index contributed by atoms with van der Waals surface area (Å²) >= 11 is 0. The molecule has 0 radical (unpaired) electrons. The lowest BCUT2D eigenvalue weighted by Crippen LogP contribution is -3.00. The number of hydrogen-bond acceptors (Lipinski definition) is 2. The van der Waals surface area contributed by atoms with Gasteiger partial charge in [-0.3, -0.25) is 0 Å². The molecule has 0 bridgehead atoms. The van der Waals surface area contributed by atoms with Gasteiger partial charge < -0.3 is 18.8 Å². The Morgan fingerprint density at radius 3 is 0.800 bits per heavy atom. The van der Waals surface area contributed by atoms with Gasteiger partial charge in [0.15, 0.2) is 0 Å². The highest BCUT2D eigenvalue weighted by Gasteiger charge is 1.88. The predicted molar refractivity (Wildman–Crippen MR) is 38.2 cm³/mol. The van der Waals surface area contributed by atoms with E-state index in [-0.39, 0.29) is 4.70 Å². The summed E-state index contributed by atoms with van der Waals surface area (Å²) in [6, 6.07) is 0. The molecule has 0 fully saturated rings. The van der Waals surface area contributed by atoms with Crippen LogP contribution in [0.1, 0.15) is 0 Å². The third-order valence-electron chi connectivity index (χ3n) is 0. The minimum absolute atomic E-state index is 0. The molecule has 0 aliphatic rings. The number of quaternary nitrogens is 1. The fraction of sp³-hybridized carbons (Fsp3) is 0.667. The van der Waals surface area contributed by atoms with Gasteiger partial charge in [0, 0.05) is 0 Å². The second-order valence-corrected chi connectivity index (χ2v) is 2.68. The molecule has 0 heterocycles. The highest BCUT2D eigenvalue weighted by Crippen LogP contribution is 1.73. The van der Waals surface area contributed by atoms with E-state index in [1.165, 1.54) is 0 Å². The average molecular weight is 153 g/mol. The zero-order chi connectivity index (χ0) is 8.50. The molecular formula is C6H16FNO2. The summed E-state index contributed by atoms with van der Waals surface area (Å²) in [6.07, 6.45) is 0. The molecule has 0 N–H and O–H groups in total. The Balaban J connectivity index is -0.0000000315. The van der Waals surface area contributed by atoms with E-state index in [4.69, 9.17) is 9.59 Å². The van der Waals surface area contributed by atoms with E-state index in [1.807, 2.05) is 13.6 Å². The molecule has 0 amide bonds. The van der Waals surface area contributed by atoms with Gasteiger partial charge in [-0.05, 0) is 0 Å². The number of nitrogens with zero attached hydrogens (tertiary/aromatic N) is 1. The molecular weight excluding hydrogens is 137 g/mol. The van der Waals surface area contributed by atoms with Crippen LogP contribution in [0.3, 0.4) is 0 Å². The Labute approximate surface area is 61.6 Å². The number of rotatable bonds is 0. The minimum atomic E-state index is 0. The van der Waals surface area contributed by atoms with E-state index in [2.05, 4.69) is 28.2 Å². The number of carbonyl (C=O) groups excluding carboxylic acids is 2. The Kier molecular flexibility index (Phi) is 35.9. The Morgan fingerprint density at radius 1 is 0.800 bits per heavy atom. The summed E-state index contributed by atoms with van der Waals surface area (Å²) in [5, 5.41) is 0. The molecule has 10 heavy (non-hydrogen) atoms. The van der Waals surface area contributed by atoms with E-state index in [0.29, 0.717) is 0 Å². The first-order valence-electron chi connectivity index (χ1n) is 2.37. The predicted octanol–water partition coefficient (Wildman–Crippen LogP) is -3.04. The summed E-state index contributed by atoms with van der Waals surface area (Å²) in [6.45, 7) is 4.00. The van der Waals surface area contributed by atoms with Gasteiger partial charge in [-0.2, -0.15) is 0 Å². The topological polar surface area (TPSA) is 34.1 Å². The lowest BCUT2D eigenvalue weighted by molar-refractivity contribution is -0.849. The van der Waals surface area contributed by atoms with E-state index in [0.717, 1.165) is 4.48 Å². The summed E-state index contributed by atoms with van der Waals surface area (Å²) in [5.74, 6) is 0. The molecule has 0 spiro atoms. The van der Waals surface area contributed by atoms with Gasteiger partial charge in [-0.25, -0.2) is 0 Å². The van der Waals surface area contributed by atoms with Gasteiger partial charge in [-0.1, -0.05) is 0 Å². The third-order valence-corrected chi connectivity index (χ3v) is 0. The minimum Gasteiger partial charge on any atom is -1.00 e. The van der Waals surface area contributed by atoms with Crippen LogP contribution in [0, 0.1) is 0 Å². The van der Waals surface area contributed by atoms with Crippen molar-refractivity contribution < 1.29 is 18.8 Å². The van der Waals surface area contributed by atoms with Crippen LogP contribution in [0.2, 0.25) is 0 Å². The van der Waals surface area contributed by atoms with Gasteiger partial charge in [-0.15, -0.1) is 0 Å². The van der Waals surface area contributed by atoms with Gasteiger partial charge in [0.05, 0.1) is 28.2 Å². The molecule has 0 aliphatic carbocycles. The number of halogens is 1. The molecule has 0 aromatic rings. The van der Waals surface area contributed by atoms with Gasteiger partial charge in [0.2, 0.25) is 0 Å². The summed E-state index contributed by atoms with van der Waals surface area (Å²) in [7, 11) is 8.50. The fourth-order valence-corrected chi connectivity index (χ4v) is 0. The molecule has 3 nitrogen and oxygen atoms in total. The summed E-state index contributed by atoms with van der Waals surface area (Å²) < 4.78 is 1.00. The zero-order valence-corrected chi connectivity index (χ0v) is 7.06. The van der Waals surface area contributed by atoms with Crippen LogP contribution in [0.4, 0.5) is 0 Å². The van der Waals surface area contributed by atoms with E-state index in [1.54, 1.807) is 0 Å². The number of hydrogen-bond donors (Lipinski definition) is 0. The second-order valence-electron chi connectivity index (χ2n) is 2.68. The van der Waals surface area contributed by atoms with Crippen molar-refractivity contribution in [2.75, 3.05) is 28.2 Å². The maximum absolute atomic E-state index is 8.00. The monoisotopic (exact) mass is 153 g/mol. The second kappa shape index (κ2) is 15.7. The van der Waals surface area contributed by atoms with Crippen LogP contribution in [0.25, 0.3) is 0 Å². The van der Waals surface area contributed by atoms with Crippen LogP contribution in [0.15, 0.2) is 0 Å². The smallest absolute Gasteiger partial charge is 0.106 e. The maximum Gasteiger partial charge on any atom is 0.106 e. The van der Waals surface area contributed by atoms with Crippen molar-refractivity contribution in [3.8, 4) is 0 Å². The Morgan fingerprint density at radius 2 is 0.800 bits per heavy atom. The Bertz CT molecular complexity index is 46.2. The molecule has 0 atom stereocenters. The zero-order valence-electron chi connectivity index (χ0n) is 7.06. The largest absolute Gasteiger partial charge is 1.00 e. The van der Waals surface area contributed by atoms with Crippen molar-refractivity contribution in [1.29, 1.82) is 0 Å². The third kappa shape index (κ3) is 473. The fourth-order valence-electron chi connectivity index (χ4n) is 0. The molecule has 0 aromatic heterocycles. The first kappa shape index (κ1) is 22.9. The molecule has 4 heteroatoms. The average Bonchev–Trinajstić information content (AvgIpc) is 1.72. The molecule has 0 unspecified atom stereocenters. The lowest BCUT2D eigenvalue weighted by atomic mass is 10.8. The van der Waals surface area contributed by atoms with Crippen molar-refractivity contribution in [1.82, 2.24) is 0 Å². The molecule has 0 saturated heterocycles.